The first-order chi connectivity index (χ1) is 14.2. The summed E-state index contributed by atoms with van der Waals surface area (Å²) in [5.74, 6) is 0.492. The van der Waals surface area contributed by atoms with Gasteiger partial charge in [-0.05, 0) is 48.0 Å². The first-order valence-corrected chi connectivity index (χ1v) is 10.5. The average Bonchev–Trinajstić information content (AvgIpc) is 3.45. The highest BCUT2D eigenvalue weighted by molar-refractivity contribution is 8.00. The van der Waals surface area contributed by atoms with Crippen LogP contribution in [0.3, 0.4) is 0 Å². The molecule has 0 spiro atoms. The van der Waals surface area contributed by atoms with Gasteiger partial charge in [0, 0.05) is 29.4 Å². The number of thioether (sulfide) groups is 1. The molecule has 2 aromatic heterocycles. The van der Waals surface area contributed by atoms with Crippen LogP contribution in [-0.2, 0) is 5.75 Å². The molecule has 142 valence electrons. The maximum atomic E-state index is 12.6. The minimum absolute atomic E-state index is 0.223. The van der Waals surface area contributed by atoms with Gasteiger partial charge >= 0.3 is 0 Å². The lowest BCUT2D eigenvalue weighted by Gasteiger charge is -2.06. The monoisotopic (exact) mass is 417 g/mol. The molecule has 4 rings (SSSR count). The van der Waals surface area contributed by atoms with E-state index in [1.54, 1.807) is 18.2 Å². The Morgan fingerprint density at radius 1 is 1.10 bits per heavy atom. The Labute approximate surface area is 175 Å². The molecule has 8 heteroatoms. The highest BCUT2D eigenvalue weighted by atomic mass is 32.2. The third-order valence-corrected chi connectivity index (χ3v) is 6.13. The van der Waals surface area contributed by atoms with E-state index in [1.807, 2.05) is 59.4 Å². The van der Waals surface area contributed by atoms with E-state index < -0.39 is 0 Å². The molecule has 0 aliphatic carbocycles. The number of hydrogen-bond donors (Lipinski definition) is 1. The number of nitrogens with zero attached hydrogens (tertiary/aromatic N) is 4. The number of nitriles is 1. The highest BCUT2D eigenvalue weighted by Gasteiger charge is 2.11. The fraction of sp³-hybridized carbons (Fsp3) is 0.0476. The minimum Gasteiger partial charge on any atom is -0.324 e. The van der Waals surface area contributed by atoms with Crippen LogP contribution in [0.4, 0.5) is 5.13 Å². The van der Waals surface area contributed by atoms with Crippen LogP contribution in [0.5, 0.6) is 0 Å². The van der Waals surface area contributed by atoms with Gasteiger partial charge in [0.25, 0.3) is 5.91 Å². The topological polar surface area (TPSA) is 83.6 Å². The van der Waals surface area contributed by atoms with Gasteiger partial charge in [0.1, 0.15) is 0 Å². The molecule has 29 heavy (non-hydrogen) atoms. The van der Waals surface area contributed by atoms with Gasteiger partial charge < -0.3 is 4.57 Å². The molecule has 2 aromatic carbocycles. The molecule has 0 unspecified atom stereocenters. The Balaban J connectivity index is 1.38. The summed E-state index contributed by atoms with van der Waals surface area (Å²) < 4.78 is 2.71. The molecular weight excluding hydrogens is 402 g/mol. The lowest BCUT2D eigenvalue weighted by atomic mass is 10.2. The maximum absolute atomic E-state index is 12.6. The van der Waals surface area contributed by atoms with E-state index >= 15 is 0 Å². The number of amides is 1. The fourth-order valence-electron chi connectivity index (χ4n) is 2.62. The van der Waals surface area contributed by atoms with Gasteiger partial charge in [0.2, 0.25) is 5.13 Å². The molecule has 0 bridgehead atoms. The van der Waals surface area contributed by atoms with E-state index in [2.05, 4.69) is 21.6 Å². The zero-order valence-electron chi connectivity index (χ0n) is 15.1. The average molecular weight is 418 g/mol. The standard InChI is InChI=1S/C21H15N5OS2/c22-13-15-6-8-16(9-7-15)14-28-21-25-24-20(29-21)23-19(27)17-4-3-5-18(12-17)26-10-1-2-11-26/h1-12H,14H2,(H,23,24,27). The Bertz CT molecular complexity index is 1160. The first kappa shape index (κ1) is 18.9. The largest absolute Gasteiger partial charge is 0.324 e. The predicted octanol–water partition coefficient (Wildman–Crippen LogP) is 4.75. The molecule has 0 fully saturated rings. The van der Waals surface area contributed by atoms with Crippen molar-refractivity contribution in [2.45, 2.75) is 10.1 Å². The molecule has 4 aromatic rings. The Morgan fingerprint density at radius 3 is 2.66 bits per heavy atom. The number of aromatic nitrogens is 3. The Kier molecular flexibility index (Phi) is 5.70. The van der Waals surface area contributed by atoms with E-state index in [0.717, 1.165) is 15.6 Å². The van der Waals surface area contributed by atoms with Crippen LogP contribution in [0, 0.1) is 11.3 Å². The van der Waals surface area contributed by atoms with Crippen molar-refractivity contribution in [3.8, 4) is 11.8 Å². The smallest absolute Gasteiger partial charge is 0.257 e. The highest BCUT2D eigenvalue weighted by Crippen LogP contribution is 2.28. The Hall–Kier alpha value is -3.41. The summed E-state index contributed by atoms with van der Waals surface area (Å²) in [4.78, 5) is 12.6. The summed E-state index contributed by atoms with van der Waals surface area (Å²) in [6.07, 6.45) is 3.86. The Morgan fingerprint density at radius 2 is 1.90 bits per heavy atom. The lowest BCUT2D eigenvalue weighted by Crippen LogP contribution is -2.12. The quantitative estimate of drug-likeness (QED) is 0.362. The predicted molar refractivity (Wildman–Crippen MR) is 114 cm³/mol. The molecule has 1 N–H and O–H groups in total. The molecule has 1 amide bonds. The molecule has 0 saturated carbocycles. The van der Waals surface area contributed by atoms with Gasteiger partial charge in [-0.2, -0.15) is 5.26 Å². The zero-order chi connectivity index (χ0) is 20.1. The number of benzene rings is 2. The van der Waals surface area contributed by atoms with Crippen LogP contribution >= 0.6 is 23.1 Å². The second-order valence-corrected chi connectivity index (χ2v) is 8.27. The van der Waals surface area contributed by atoms with Crippen LogP contribution in [0.1, 0.15) is 21.5 Å². The van der Waals surface area contributed by atoms with Crippen molar-refractivity contribution in [3.05, 3.63) is 89.7 Å². The van der Waals surface area contributed by atoms with Gasteiger partial charge in [-0.15, -0.1) is 10.2 Å². The van der Waals surface area contributed by atoms with Crippen LogP contribution in [0.2, 0.25) is 0 Å². The molecule has 0 atom stereocenters. The van der Waals surface area contributed by atoms with Crippen LogP contribution < -0.4 is 5.32 Å². The first-order valence-electron chi connectivity index (χ1n) is 8.71. The van der Waals surface area contributed by atoms with Gasteiger partial charge in [-0.3, -0.25) is 10.1 Å². The summed E-state index contributed by atoms with van der Waals surface area (Å²) >= 11 is 2.87. The molecule has 0 aliphatic rings. The van der Waals surface area contributed by atoms with Crippen molar-refractivity contribution >= 4 is 34.1 Å². The van der Waals surface area contributed by atoms with E-state index in [0.29, 0.717) is 22.0 Å². The van der Waals surface area contributed by atoms with E-state index in [1.165, 1.54) is 23.1 Å². The number of nitrogens with one attached hydrogen (secondary N) is 1. The van der Waals surface area contributed by atoms with Gasteiger partial charge in [0.05, 0.1) is 11.6 Å². The summed E-state index contributed by atoms with van der Waals surface area (Å²) in [6.45, 7) is 0. The number of anilines is 1. The van der Waals surface area contributed by atoms with Crippen molar-refractivity contribution in [1.82, 2.24) is 14.8 Å². The second kappa shape index (κ2) is 8.73. The van der Waals surface area contributed by atoms with Crippen molar-refractivity contribution < 1.29 is 4.79 Å². The van der Waals surface area contributed by atoms with Crippen molar-refractivity contribution in [1.29, 1.82) is 5.26 Å². The van der Waals surface area contributed by atoms with Gasteiger partial charge in [0.15, 0.2) is 4.34 Å². The summed E-state index contributed by atoms with van der Waals surface area (Å²) in [5.41, 5.74) is 3.20. The normalized spacial score (nSPS) is 10.4. The van der Waals surface area contributed by atoms with E-state index in [4.69, 9.17) is 5.26 Å². The second-order valence-electron chi connectivity index (χ2n) is 6.07. The van der Waals surface area contributed by atoms with E-state index in [9.17, 15) is 4.79 Å². The molecule has 0 saturated heterocycles. The van der Waals surface area contributed by atoms with Crippen LogP contribution in [0.25, 0.3) is 5.69 Å². The van der Waals surface area contributed by atoms with E-state index in [-0.39, 0.29) is 5.91 Å². The van der Waals surface area contributed by atoms with Crippen LogP contribution in [0.15, 0.2) is 77.4 Å². The summed E-state index contributed by atoms with van der Waals surface area (Å²) in [5, 5.41) is 20.3. The van der Waals surface area contributed by atoms with Crippen LogP contribution in [-0.4, -0.2) is 20.7 Å². The minimum atomic E-state index is -0.223. The SMILES string of the molecule is N#Cc1ccc(CSc2nnc(NC(=O)c3cccc(-n4cccc4)c3)s2)cc1. The van der Waals surface area contributed by atoms with Crippen molar-refractivity contribution in [2.75, 3.05) is 5.32 Å². The lowest BCUT2D eigenvalue weighted by molar-refractivity contribution is 0.102. The summed E-state index contributed by atoms with van der Waals surface area (Å²) in [7, 11) is 0. The molecule has 0 radical (unpaired) electrons. The molecule has 2 heterocycles. The van der Waals surface area contributed by atoms with Gasteiger partial charge in [-0.25, -0.2) is 0 Å². The third-order valence-electron chi connectivity index (χ3n) is 4.08. The number of rotatable bonds is 6. The number of carbonyl (C=O) groups excluding carboxylic acids is 1. The fourth-order valence-corrected chi connectivity index (χ4v) is 4.33. The molecule has 0 aliphatic heterocycles. The molecular formula is C21H15N5OS2. The maximum Gasteiger partial charge on any atom is 0.257 e. The number of hydrogen-bond acceptors (Lipinski definition) is 6. The molecule has 6 nitrogen and oxygen atoms in total. The van der Waals surface area contributed by atoms with Crippen molar-refractivity contribution in [3.63, 3.8) is 0 Å². The summed E-state index contributed by atoms with van der Waals surface area (Å²) in [6, 6.07) is 20.8. The van der Waals surface area contributed by atoms with Gasteiger partial charge in [-0.1, -0.05) is 41.3 Å². The zero-order valence-corrected chi connectivity index (χ0v) is 16.8. The number of carbonyl (C=O) groups is 1. The van der Waals surface area contributed by atoms with Crippen molar-refractivity contribution in [2.24, 2.45) is 0 Å². The third kappa shape index (κ3) is 4.71.